The Kier molecular flexibility index (Phi) is 6.78. The van der Waals surface area contributed by atoms with E-state index in [9.17, 15) is 18.4 Å². The van der Waals surface area contributed by atoms with Crippen LogP contribution in [0.2, 0.25) is 0 Å². The second kappa shape index (κ2) is 10.3. The van der Waals surface area contributed by atoms with Crippen molar-refractivity contribution in [3.8, 4) is 17.0 Å². The molecule has 1 saturated heterocycles. The summed E-state index contributed by atoms with van der Waals surface area (Å²) in [6, 6.07) is 14.5. The number of hydrogen-bond acceptors (Lipinski definition) is 6. The van der Waals surface area contributed by atoms with Crippen molar-refractivity contribution in [2.24, 2.45) is 0 Å². The molecule has 0 bridgehead atoms. The predicted molar refractivity (Wildman–Crippen MR) is 131 cm³/mol. The second-order valence-electron chi connectivity index (χ2n) is 8.33. The fourth-order valence-corrected chi connectivity index (χ4v) is 4.05. The van der Waals surface area contributed by atoms with E-state index in [1.807, 2.05) is 0 Å². The summed E-state index contributed by atoms with van der Waals surface area (Å²) in [7, 11) is 1.53. The lowest BCUT2D eigenvalue weighted by Crippen LogP contribution is -2.40. The number of rotatable bonds is 6. The molecular formula is C26H23F2N5O4. The molecule has 2 aromatic carbocycles. The summed E-state index contributed by atoms with van der Waals surface area (Å²) in [5.41, 5.74) is 1.42. The highest BCUT2D eigenvalue weighted by Crippen LogP contribution is 2.28. The SMILES string of the molecule is COc1ccc(-c2cc(C(F)F)n3ncc(C(=O)Nc4ccc(C(=O)N5CCOCC5)cc4)c3n2)cc1. The molecule has 1 aliphatic rings. The van der Waals surface area contributed by atoms with Crippen molar-refractivity contribution in [3.63, 3.8) is 0 Å². The lowest BCUT2D eigenvalue weighted by atomic mass is 10.1. The van der Waals surface area contributed by atoms with Gasteiger partial charge in [-0.3, -0.25) is 9.59 Å². The van der Waals surface area contributed by atoms with Gasteiger partial charge in [0, 0.05) is 29.9 Å². The minimum atomic E-state index is -2.84. The van der Waals surface area contributed by atoms with E-state index in [4.69, 9.17) is 9.47 Å². The first-order chi connectivity index (χ1) is 17.9. The number of ether oxygens (including phenoxy) is 2. The van der Waals surface area contributed by atoms with Gasteiger partial charge in [-0.15, -0.1) is 0 Å². The highest BCUT2D eigenvalue weighted by atomic mass is 19.3. The van der Waals surface area contributed by atoms with E-state index in [1.165, 1.54) is 19.4 Å². The summed E-state index contributed by atoms with van der Waals surface area (Å²) in [4.78, 5) is 31.9. The van der Waals surface area contributed by atoms with Crippen LogP contribution in [0.3, 0.4) is 0 Å². The minimum absolute atomic E-state index is 0.000216. The highest BCUT2D eigenvalue weighted by molar-refractivity contribution is 6.08. The standard InChI is InChI=1S/C26H23F2N5O4/c1-36-19-8-4-16(5-9-19)21-14-22(23(27)28)33-24(31-21)20(15-29-33)25(34)30-18-6-2-17(3-7-18)26(35)32-10-12-37-13-11-32/h2-9,14-15,23H,10-13H2,1H3,(H,30,34). The van der Waals surface area contributed by atoms with E-state index in [-0.39, 0.29) is 28.5 Å². The van der Waals surface area contributed by atoms with Gasteiger partial charge in [-0.25, -0.2) is 18.3 Å². The van der Waals surface area contributed by atoms with E-state index < -0.39 is 12.3 Å². The number of benzene rings is 2. The van der Waals surface area contributed by atoms with Gasteiger partial charge in [0.15, 0.2) is 5.65 Å². The number of nitrogens with zero attached hydrogens (tertiary/aromatic N) is 4. The van der Waals surface area contributed by atoms with Gasteiger partial charge >= 0.3 is 0 Å². The predicted octanol–water partition coefficient (Wildman–Crippen LogP) is 4.07. The molecule has 190 valence electrons. The third-order valence-electron chi connectivity index (χ3n) is 6.04. The Morgan fingerprint density at radius 3 is 2.41 bits per heavy atom. The first-order valence-corrected chi connectivity index (χ1v) is 11.5. The molecule has 4 aromatic rings. The zero-order valence-corrected chi connectivity index (χ0v) is 19.9. The number of aromatic nitrogens is 3. The maximum absolute atomic E-state index is 13.9. The number of fused-ring (bicyclic) bond motifs is 1. The highest BCUT2D eigenvalue weighted by Gasteiger charge is 2.22. The van der Waals surface area contributed by atoms with Crippen LogP contribution in [0.4, 0.5) is 14.5 Å². The number of nitrogens with one attached hydrogen (secondary N) is 1. The third kappa shape index (κ3) is 4.98. The Balaban J connectivity index is 1.41. The number of morpholine rings is 1. The van der Waals surface area contributed by atoms with Gasteiger partial charge in [0.25, 0.3) is 18.2 Å². The van der Waals surface area contributed by atoms with E-state index >= 15 is 0 Å². The van der Waals surface area contributed by atoms with Crippen molar-refractivity contribution in [2.75, 3.05) is 38.7 Å². The maximum atomic E-state index is 13.9. The van der Waals surface area contributed by atoms with Crippen molar-refractivity contribution in [1.29, 1.82) is 0 Å². The zero-order chi connectivity index (χ0) is 25.9. The van der Waals surface area contributed by atoms with Crippen molar-refractivity contribution >= 4 is 23.1 Å². The first-order valence-electron chi connectivity index (χ1n) is 11.5. The Labute approximate surface area is 210 Å². The molecule has 1 fully saturated rings. The summed E-state index contributed by atoms with van der Waals surface area (Å²) in [6.45, 7) is 2.05. The molecule has 0 saturated carbocycles. The molecule has 0 unspecified atom stereocenters. The lowest BCUT2D eigenvalue weighted by molar-refractivity contribution is 0.0303. The molecule has 3 heterocycles. The minimum Gasteiger partial charge on any atom is -0.497 e. The smallest absolute Gasteiger partial charge is 0.280 e. The van der Waals surface area contributed by atoms with Crippen LogP contribution >= 0.6 is 0 Å². The lowest BCUT2D eigenvalue weighted by Gasteiger charge is -2.26. The Morgan fingerprint density at radius 1 is 1.05 bits per heavy atom. The molecule has 2 aromatic heterocycles. The van der Waals surface area contributed by atoms with Gasteiger partial charge in [-0.05, 0) is 54.6 Å². The molecule has 37 heavy (non-hydrogen) atoms. The largest absolute Gasteiger partial charge is 0.497 e. The molecular weight excluding hydrogens is 484 g/mol. The van der Waals surface area contributed by atoms with Gasteiger partial charge in [-0.1, -0.05) is 0 Å². The van der Waals surface area contributed by atoms with Crippen LogP contribution in [-0.2, 0) is 4.74 Å². The number of carbonyl (C=O) groups is 2. The van der Waals surface area contributed by atoms with Gasteiger partial charge < -0.3 is 19.7 Å². The molecule has 0 spiro atoms. The average Bonchev–Trinajstić information content (AvgIpc) is 3.37. The van der Waals surface area contributed by atoms with Crippen LogP contribution in [-0.4, -0.2) is 64.7 Å². The van der Waals surface area contributed by atoms with Crippen LogP contribution in [0.1, 0.15) is 32.8 Å². The second-order valence-corrected chi connectivity index (χ2v) is 8.33. The summed E-state index contributed by atoms with van der Waals surface area (Å²) < 4.78 is 39.1. The quantitative estimate of drug-likeness (QED) is 0.423. The van der Waals surface area contributed by atoms with E-state index in [0.29, 0.717) is 48.9 Å². The Hall–Kier alpha value is -4.38. The van der Waals surface area contributed by atoms with Crippen LogP contribution in [0, 0.1) is 0 Å². The third-order valence-corrected chi connectivity index (χ3v) is 6.04. The molecule has 1 N–H and O–H groups in total. The molecule has 0 aliphatic carbocycles. The molecule has 2 amide bonds. The number of carbonyl (C=O) groups excluding carboxylic acids is 2. The fourth-order valence-electron chi connectivity index (χ4n) is 4.05. The number of methoxy groups -OCH3 is 1. The van der Waals surface area contributed by atoms with Crippen molar-refractivity contribution in [1.82, 2.24) is 19.5 Å². The summed E-state index contributed by atoms with van der Waals surface area (Å²) in [6.07, 6.45) is -1.63. The topological polar surface area (TPSA) is 98.1 Å². The zero-order valence-electron chi connectivity index (χ0n) is 19.9. The van der Waals surface area contributed by atoms with Gasteiger partial charge in [0.05, 0.1) is 32.2 Å². The van der Waals surface area contributed by atoms with Gasteiger partial charge in [0.1, 0.15) is 17.0 Å². The number of hydrogen-bond donors (Lipinski definition) is 1. The number of amides is 2. The summed E-state index contributed by atoms with van der Waals surface area (Å²) >= 11 is 0. The summed E-state index contributed by atoms with van der Waals surface area (Å²) in [5.74, 6) is -0.0681. The van der Waals surface area contributed by atoms with Crippen LogP contribution < -0.4 is 10.1 Å². The molecule has 0 atom stereocenters. The first kappa shape index (κ1) is 24.3. The van der Waals surface area contributed by atoms with Crippen LogP contribution in [0.15, 0.2) is 60.8 Å². The van der Waals surface area contributed by atoms with Crippen molar-refractivity contribution < 1.29 is 27.8 Å². The van der Waals surface area contributed by atoms with E-state index in [2.05, 4.69) is 15.4 Å². The number of anilines is 1. The van der Waals surface area contributed by atoms with Crippen LogP contribution in [0.25, 0.3) is 16.9 Å². The maximum Gasteiger partial charge on any atom is 0.280 e. The molecule has 11 heteroatoms. The van der Waals surface area contributed by atoms with Crippen LogP contribution in [0.5, 0.6) is 5.75 Å². The van der Waals surface area contributed by atoms with Crippen molar-refractivity contribution in [2.45, 2.75) is 6.43 Å². The summed E-state index contributed by atoms with van der Waals surface area (Å²) in [5, 5.41) is 6.71. The monoisotopic (exact) mass is 507 g/mol. The van der Waals surface area contributed by atoms with Gasteiger partial charge in [0.2, 0.25) is 0 Å². The molecule has 0 radical (unpaired) electrons. The molecule has 5 rings (SSSR count). The Morgan fingerprint density at radius 2 is 1.76 bits per heavy atom. The van der Waals surface area contributed by atoms with E-state index in [0.717, 1.165) is 4.52 Å². The molecule has 9 nitrogen and oxygen atoms in total. The normalized spacial score (nSPS) is 13.7. The average molecular weight is 507 g/mol. The molecule has 1 aliphatic heterocycles. The van der Waals surface area contributed by atoms with Gasteiger partial charge in [-0.2, -0.15) is 5.10 Å². The fraction of sp³-hybridized carbons (Fsp3) is 0.231. The number of halogens is 2. The van der Waals surface area contributed by atoms with E-state index in [1.54, 1.807) is 53.4 Å². The number of alkyl halides is 2. The Bertz CT molecular complexity index is 1430. The van der Waals surface area contributed by atoms with Crippen molar-refractivity contribution in [3.05, 3.63) is 77.6 Å².